The number of nitrogens with one attached hydrogen (secondary N) is 1. The first-order valence-corrected chi connectivity index (χ1v) is 10.3. The number of aromatic nitrogens is 4. The number of hydrogen-bond donors (Lipinski definition) is 1. The van der Waals surface area contributed by atoms with Crippen LogP contribution < -0.4 is 19.5 Å². The number of carbonyl (C=O) groups is 1. The van der Waals surface area contributed by atoms with Gasteiger partial charge in [0.25, 0.3) is 0 Å². The van der Waals surface area contributed by atoms with E-state index in [9.17, 15) is 4.79 Å². The molecule has 2 aromatic carbocycles. The van der Waals surface area contributed by atoms with Gasteiger partial charge in [-0.25, -0.2) is 0 Å². The van der Waals surface area contributed by atoms with Gasteiger partial charge in [0.15, 0.2) is 11.5 Å². The van der Waals surface area contributed by atoms with Crippen LogP contribution in [0.3, 0.4) is 0 Å². The standard InChI is InChI=1S/C24H23N5O4/c1-31-19-9-6-17(7-10-19)8-12-22(30)25-14-15-33-23-13-11-21-26-27-24(29(21)28-23)18-4-3-5-20(16-18)32-2/h3-13,16H,14-15H2,1-2H3,(H,25,30)/b12-8+. The van der Waals surface area contributed by atoms with Gasteiger partial charge < -0.3 is 19.5 Å². The van der Waals surface area contributed by atoms with Gasteiger partial charge in [0, 0.05) is 17.7 Å². The summed E-state index contributed by atoms with van der Waals surface area (Å²) in [4.78, 5) is 12.0. The molecule has 0 unspecified atom stereocenters. The summed E-state index contributed by atoms with van der Waals surface area (Å²) in [6, 6.07) is 18.4. The van der Waals surface area contributed by atoms with Crippen molar-refractivity contribution in [2.24, 2.45) is 0 Å². The molecule has 1 amide bonds. The molecular weight excluding hydrogens is 422 g/mol. The van der Waals surface area contributed by atoms with Crippen LogP contribution in [-0.4, -0.2) is 53.1 Å². The summed E-state index contributed by atoms with van der Waals surface area (Å²) >= 11 is 0. The second-order valence-electron chi connectivity index (χ2n) is 6.94. The number of amides is 1. The van der Waals surface area contributed by atoms with Gasteiger partial charge in [0.1, 0.15) is 18.1 Å². The summed E-state index contributed by atoms with van der Waals surface area (Å²) in [6.07, 6.45) is 3.21. The highest BCUT2D eigenvalue weighted by Gasteiger charge is 2.11. The lowest BCUT2D eigenvalue weighted by molar-refractivity contribution is -0.116. The van der Waals surface area contributed by atoms with E-state index in [1.165, 1.54) is 6.08 Å². The third-order valence-electron chi connectivity index (χ3n) is 4.76. The van der Waals surface area contributed by atoms with Crippen LogP contribution in [0.2, 0.25) is 0 Å². The summed E-state index contributed by atoms with van der Waals surface area (Å²) < 4.78 is 17.7. The fraction of sp³-hybridized carbons (Fsp3) is 0.167. The van der Waals surface area contributed by atoms with Crippen LogP contribution in [0.15, 0.2) is 66.7 Å². The number of benzene rings is 2. The number of carbonyl (C=O) groups excluding carboxylic acids is 1. The molecule has 0 aliphatic rings. The van der Waals surface area contributed by atoms with Crippen molar-refractivity contribution in [3.8, 4) is 28.8 Å². The molecule has 0 fully saturated rings. The van der Waals surface area contributed by atoms with E-state index in [4.69, 9.17) is 14.2 Å². The molecule has 9 nitrogen and oxygen atoms in total. The lowest BCUT2D eigenvalue weighted by Crippen LogP contribution is -2.26. The monoisotopic (exact) mass is 445 g/mol. The Kier molecular flexibility index (Phi) is 6.79. The lowest BCUT2D eigenvalue weighted by Gasteiger charge is -2.07. The number of ether oxygens (including phenoxy) is 3. The highest BCUT2D eigenvalue weighted by molar-refractivity contribution is 5.91. The maximum Gasteiger partial charge on any atom is 0.244 e. The molecular formula is C24H23N5O4. The number of fused-ring (bicyclic) bond motifs is 1. The fourth-order valence-corrected chi connectivity index (χ4v) is 3.07. The molecule has 0 radical (unpaired) electrons. The van der Waals surface area contributed by atoms with Crippen molar-refractivity contribution >= 4 is 17.6 Å². The molecule has 0 aliphatic heterocycles. The SMILES string of the molecule is COc1ccc(/C=C/C(=O)NCCOc2ccc3nnc(-c4cccc(OC)c4)n3n2)cc1. The third-order valence-corrected chi connectivity index (χ3v) is 4.76. The molecule has 33 heavy (non-hydrogen) atoms. The van der Waals surface area contributed by atoms with Crippen LogP contribution in [0.1, 0.15) is 5.56 Å². The zero-order valence-corrected chi connectivity index (χ0v) is 18.3. The molecule has 168 valence electrons. The minimum absolute atomic E-state index is 0.211. The Balaban J connectivity index is 1.32. The first-order valence-electron chi connectivity index (χ1n) is 10.3. The van der Waals surface area contributed by atoms with Crippen LogP contribution >= 0.6 is 0 Å². The maximum atomic E-state index is 12.0. The number of methoxy groups -OCH3 is 2. The third kappa shape index (κ3) is 5.45. The van der Waals surface area contributed by atoms with Gasteiger partial charge in [0.2, 0.25) is 11.8 Å². The molecule has 0 bridgehead atoms. The first kappa shape index (κ1) is 21.8. The lowest BCUT2D eigenvalue weighted by atomic mass is 10.2. The van der Waals surface area contributed by atoms with E-state index in [0.717, 1.165) is 16.9 Å². The van der Waals surface area contributed by atoms with Crippen molar-refractivity contribution in [1.29, 1.82) is 0 Å². The topological polar surface area (TPSA) is 99.9 Å². The van der Waals surface area contributed by atoms with Gasteiger partial charge in [-0.1, -0.05) is 24.3 Å². The van der Waals surface area contributed by atoms with E-state index in [1.54, 1.807) is 36.9 Å². The van der Waals surface area contributed by atoms with Gasteiger partial charge in [-0.15, -0.1) is 15.3 Å². The van der Waals surface area contributed by atoms with Crippen molar-refractivity contribution in [2.45, 2.75) is 0 Å². The van der Waals surface area contributed by atoms with Gasteiger partial charge in [-0.05, 0) is 42.0 Å². The van der Waals surface area contributed by atoms with E-state index < -0.39 is 0 Å². The van der Waals surface area contributed by atoms with Crippen molar-refractivity contribution in [2.75, 3.05) is 27.4 Å². The minimum atomic E-state index is -0.211. The largest absolute Gasteiger partial charge is 0.497 e. The number of nitrogens with zero attached hydrogens (tertiary/aromatic N) is 4. The Bertz CT molecular complexity index is 1270. The Labute approximate surface area is 190 Å². The van der Waals surface area contributed by atoms with Gasteiger partial charge in [-0.2, -0.15) is 4.52 Å². The molecule has 0 saturated heterocycles. The summed E-state index contributed by atoms with van der Waals surface area (Å²) in [5, 5.41) is 15.6. The van der Waals surface area contributed by atoms with Crippen molar-refractivity contribution in [1.82, 2.24) is 25.1 Å². The first-order chi connectivity index (χ1) is 16.2. The molecule has 4 rings (SSSR count). The summed E-state index contributed by atoms with van der Waals surface area (Å²) in [5.41, 5.74) is 2.32. The predicted octanol–water partition coefficient (Wildman–Crippen LogP) is 3.02. The maximum absolute atomic E-state index is 12.0. The Hall–Kier alpha value is -4.40. The van der Waals surface area contributed by atoms with Crippen LogP contribution in [-0.2, 0) is 4.79 Å². The zero-order valence-electron chi connectivity index (χ0n) is 18.3. The van der Waals surface area contributed by atoms with E-state index in [-0.39, 0.29) is 12.5 Å². The Morgan fingerprint density at radius 1 is 1.00 bits per heavy atom. The fourth-order valence-electron chi connectivity index (χ4n) is 3.07. The normalized spacial score (nSPS) is 11.0. The van der Waals surface area contributed by atoms with Gasteiger partial charge >= 0.3 is 0 Å². The van der Waals surface area contributed by atoms with Gasteiger partial charge in [0.05, 0.1) is 20.8 Å². The highest BCUT2D eigenvalue weighted by Crippen LogP contribution is 2.23. The second-order valence-corrected chi connectivity index (χ2v) is 6.94. The van der Waals surface area contributed by atoms with E-state index in [0.29, 0.717) is 29.6 Å². The van der Waals surface area contributed by atoms with Crippen molar-refractivity contribution in [3.63, 3.8) is 0 Å². The van der Waals surface area contributed by atoms with Crippen molar-refractivity contribution in [3.05, 3.63) is 72.3 Å². The summed E-state index contributed by atoms with van der Waals surface area (Å²) in [6.45, 7) is 0.591. The highest BCUT2D eigenvalue weighted by atomic mass is 16.5. The Morgan fingerprint density at radius 2 is 1.82 bits per heavy atom. The van der Waals surface area contributed by atoms with E-state index in [1.807, 2.05) is 48.5 Å². The molecule has 2 aromatic heterocycles. The molecule has 2 heterocycles. The second kappa shape index (κ2) is 10.3. The minimum Gasteiger partial charge on any atom is -0.497 e. The van der Waals surface area contributed by atoms with Crippen LogP contribution in [0.4, 0.5) is 0 Å². The molecule has 0 spiro atoms. The summed E-state index contributed by atoms with van der Waals surface area (Å²) in [7, 11) is 3.22. The zero-order chi connectivity index (χ0) is 23.0. The van der Waals surface area contributed by atoms with E-state index in [2.05, 4.69) is 20.6 Å². The van der Waals surface area contributed by atoms with Crippen LogP contribution in [0, 0.1) is 0 Å². The summed E-state index contributed by atoms with van der Waals surface area (Å²) in [5.74, 6) is 2.24. The van der Waals surface area contributed by atoms with E-state index >= 15 is 0 Å². The predicted molar refractivity (Wildman–Crippen MR) is 123 cm³/mol. The molecule has 0 atom stereocenters. The molecule has 9 heteroatoms. The van der Waals surface area contributed by atoms with Gasteiger partial charge in [-0.3, -0.25) is 4.79 Å². The number of rotatable bonds is 9. The van der Waals surface area contributed by atoms with Crippen molar-refractivity contribution < 1.29 is 19.0 Å². The molecule has 0 aliphatic carbocycles. The average Bonchev–Trinajstić information content (AvgIpc) is 3.29. The quantitative estimate of drug-likeness (QED) is 0.312. The number of hydrogen-bond acceptors (Lipinski definition) is 7. The average molecular weight is 445 g/mol. The molecule has 1 N–H and O–H groups in total. The molecule has 0 saturated carbocycles. The Morgan fingerprint density at radius 3 is 2.61 bits per heavy atom. The smallest absolute Gasteiger partial charge is 0.244 e. The van der Waals surface area contributed by atoms with Crippen LogP contribution in [0.5, 0.6) is 17.4 Å². The van der Waals surface area contributed by atoms with Crippen LogP contribution in [0.25, 0.3) is 23.1 Å². The molecule has 4 aromatic rings.